The van der Waals surface area contributed by atoms with Crippen LogP contribution in [-0.2, 0) is 13.5 Å². The molecule has 0 aliphatic heterocycles. The van der Waals surface area contributed by atoms with Crippen LogP contribution in [0.25, 0.3) is 17.3 Å². The Morgan fingerprint density at radius 2 is 1.93 bits per heavy atom. The zero-order chi connectivity index (χ0) is 21.1. The summed E-state index contributed by atoms with van der Waals surface area (Å²) in [5, 5.41) is 28.0. The van der Waals surface area contributed by atoms with Gasteiger partial charge >= 0.3 is 0 Å². The first kappa shape index (κ1) is 19.9. The number of benzene rings is 1. The fourth-order valence-electron chi connectivity index (χ4n) is 3.04. The Hall–Kier alpha value is -3.86. The van der Waals surface area contributed by atoms with E-state index in [4.69, 9.17) is 0 Å². The van der Waals surface area contributed by atoms with E-state index in [1.54, 1.807) is 29.8 Å². The standard InChI is InChI=1S/C22H17N5OS/c1-4-15-6-5-7-18(8-15)27-21(28)20(29-22(27)17(11-23)12-24)10-16-9-19(13-25)26(3)14(16)2/h5-10H,4H2,1-3H3/b20-10+. The van der Waals surface area contributed by atoms with Crippen molar-refractivity contribution in [2.75, 3.05) is 0 Å². The van der Waals surface area contributed by atoms with E-state index in [2.05, 4.69) is 6.07 Å². The van der Waals surface area contributed by atoms with Crippen LogP contribution < -0.4 is 14.8 Å². The van der Waals surface area contributed by atoms with Crippen molar-refractivity contribution in [3.63, 3.8) is 0 Å². The molecule has 0 aliphatic rings. The van der Waals surface area contributed by atoms with Gasteiger partial charge in [-0.05, 0) is 48.7 Å². The van der Waals surface area contributed by atoms with E-state index in [1.165, 1.54) is 4.57 Å². The van der Waals surface area contributed by atoms with E-state index in [0.717, 1.165) is 34.6 Å². The van der Waals surface area contributed by atoms with E-state index < -0.39 is 0 Å². The van der Waals surface area contributed by atoms with Gasteiger partial charge in [0.15, 0.2) is 5.57 Å². The van der Waals surface area contributed by atoms with Crippen molar-refractivity contribution in [2.24, 2.45) is 7.05 Å². The summed E-state index contributed by atoms with van der Waals surface area (Å²) in [7, 11) is 1.79. The smallest absolute Gasteiger partial charge is 0.273 e. The van der Waals surface area contributed by atoms with Crippen LogP contribution in [0.4, 0.5) is 0 Å². The molecule has 0 atom stereocenters. The minimum Gasteiger partial charge on any atom is -0.339 e. The maximum atomic E-state index is 13.2. The molecule has 0 spiro atoms. The Kier molecular flexibility index (Phi) is 5.50. The van der Waals surface area contributed by atoms with Crippen molar-refractivity contribution in [1.29, 1.82) is 15.8 Å². The van der Waals surface area contributed by atoms with Gasteiger partial charge in [0.2, 0.25) is 0 Å². The van der Waals surface area contributed by atoms with Gasteiger partial charge in [-0.3, -0.25) is 9.36 Å². The second-order valence-corrected chi connectivity index (χ2v) is 7.45. The summed E-state index contributed by atoms with van der Waals surface area (Å²) >= 11 is 1.10. The first-order valence-corrected chi connectivity index (χ1v) is 9.70. The number of hydrogen-bond acceptors (Lipinski definition) is 5. The average molecular weight is 399 g/mol. The molecule has 3 aromatic rings. The fourth-order valence-corrected chi connectivity index (χ4v) is 4.08. The fraction of sp³-hybridized carbons (Fsp3) is 0.182. The minimum absolute atomic E-state index is 0.115. The Bertz CT molecular complexity index is 1400. The van der Waals surface area contributed by atoms with E-state index in [9.17, 15) is 20.6 Å². The summed E-state index contributed by atoms with van der Waals surface area (Å²) < 4.78 is 3.86. The highest BCUT2D eigenvalue weighted by molar-refractivity contribution is 7.07. The van der Waals surface area contributed by atoms with Crippen LogP contribution >= 0.6 is 11.3 Å². The normalized spacial score (nSPS) is 11.0. The van der Waals surface area contributed by atoms with Gasteiger partial charge in [-0.2, -0.15) is 15.8 Å². The number of rotatable bonds is 3. The molecule has 0 radical (unpaired) electrons. The van der Waals surface area contributed by atoms with E-state index in [1.807, 2.05) is 44.2 Å². The molecule has 0 aliphatic carbocycles. The molecular formula is C22H17N5OS. The summed E-state index contributed by atoms with van der Waals surface area (Å²) in [4.78, 5) is 13.2. The Labute approximate surface area is 171 Å². The summed E-state index contributed by atoms with van der Waals surface area (Å²) in [5.74, 6) is 0. The molecule has 0 saturated heterocycles. The quantitative estimate of drug-likeness (QED) is 0.673. The molecule has 1 aromatic carbocycles. The van der Waals surface area contributed by atoms with Crippen molar-refractivity contribution < 1.29 is 0 Å². The molecule has 3 rings (SSSR count). The highest BCUT2D eigenvalue weighted by Gasteiger charge is 2.13. The van der Waals surface area contributed by atoms with Crippen LogP contribution in [0.2, 0.25) is 0 Å². The molecule has 0 N–H and O–H groups in total. The molecular weight excluding hydrogens is 382 g/mol. The van der Waals surface area contributed by atoms with Gasteiger partial charge in [0.05, 0.1) is 10.2 Å². The third-order valence-corrected chi connectivity index (χ3v) is 5.91. The summed E-state index contributed by atoms with van der Waals surface area (Å²) in [5.41, 5.74) is 3.33. The van der Waals surface area contributed by atoms with Crippen molar-refractivity contribution in [2.45, 2.75) is 20.3 Å². The topological polar surface area (TPSA) is 98.3 Å². The SMILES string of the molecule is CCc1cccc(-n2c(=C(C#N)C#N)s/c(=C/c3cc(C#N)n(C)c3C)c2=O)c1. The predicted octanol–water partition coefficient (Wildman–Crippen LogP) is 2.01. The van der Waals surface area contributed by atoms with Gasteiger partial charge in [-0.25, -0.2) is 0 Å². The lowest BCUT2D eigenvalue weighted by molar-refractivity contribution is 0.865. The molecule has 0 amide bonds. The number of nitriles is 3. The van der Waals surface area contributed by atoms with Gasteiger partial charge in [-0.15, -0.1) is 11.3 Å². The summed E-state index contributed by atoms with van der Waals surface area (Å²) in [6.07, 6.45) is 2.51. The van der Waals surface area contributed by atoms with Gasteiger partial charge in [0.1, 0.15) is 28.6 Å². The maximum absolute atomic E-state index is 13.2. The monoisotopic (exact) mass is 399 g/mol. The van der Waals surface area contributed by atoms with Crippen LogP contribution in [0.1, 0.15) is 29.4 Å². The molecule has 2 heterocycles. The number of aromatic nitrogens is 2. The van der Waals surface area contributed by atoms with Gasteiger partial charge in [0.25, 0.3) is 5.56 Å². The maximum Gasteiger partial charge on any atom is 0.273 e. The lowest BCUT2D eigenvalue weighted by Crippen LogP contribution is -2.30. The third-order valence-electron chi connectivity index (χ3n) is 4.81. The Morgan fingerprint density at radius 3 is 2.52 bits per heavy atom. The number of hydrogen-bond donors (Lipinski definition) is 0. The van der Waals surface area contributed by atoms with Crippen LogP contribution in [0.15, 0.2) is 35.1 Å². The summed E-state index contributed by atoms with van der Waals surface area (Å²) in [6.45, 7) is 3.88. The zero-order valence-electron chi connectivity index (χ0n) is 16.2. The molecule has 7 heteroatoms. The van der Waals surface area contributed by atoms with E-state index in [0.29, 0.717) is 20.6 Å². The highest BCUT2D eigenvalue weighted by Crippen LogP contribution is 2.14. The molecule has 6 nitrogen and oxygen atoms in total. The molecule has 29 heavy (non-hydrogen) atoms. The highest BCUT2D eigenvalue weighted by atomic mass is 32.1. The Balaban J connectivity index is 2.41. The molecule has 0 unspecified atom stereocenters. The Morgan fingerprint density at radius 1 is 1.21 bits per heavy atom. The second kappa shape index (κ2) is 8.02. The van der Waals surface area contributed by atoms with Crippen LogP contribution in [0.3, 0.4) is 0 Å². The first-order valence-electron chi connectivity index (χ1n) is 8.89. The van der Waals surface area contributed by atoms with Crippen molar-refractivity contribution >= 4 is 23.0 Å². The van der Waals surface area contributed by atoms with Crippen LogP contribution in [0, 0.1) is 40.9 Å². The van der Waals surface area contributed by atoms with Gasteiger partial charge in [-0.1, -0.05) is 19.1 Å². The lowest BCUT2D eigenvalue weighted by atomic mass is 10.1. The molecule has 142 valence electrons. The summed E-state index contributed by atoms with van der Waals surface area (Å²) in [6, 6.07) is 15.1. The van der Waals surface area contributed by atoms with Crippen molar-refractivity contribution in [3.8, 4) is 23.9 Å². The largest absolute Gasteiger partial charge is 0.339 e. The number of thiazole rings is 1. The molecule has 0 bridgehead atoms. The van der Waals surface area contributed by atoms with Crippen molar-refractivity contribution in [3.05, 3.63) is 72.4 Å². The second-order valence-electron chi connectivity index (χ2n) is 6.42. The molecule has 0 fully saturated rings. The molecule has 0 saturated carbocycles. The van der Waals surface area contributed by atoms with E-state index >= 15 is 0 Å². The molecule has 2 aromatic heterocycles. The van der Waals surface area contributed by atoms with Gasteiger partial charge < -0.3 is 4.57 Å². The van der Waals surface area contributed by atoms with Crippen LogP contribution in [-0.4, -0.2) is 9.13 Å². The average Bonchev–Trinajstić information content (AvgIpc) is 3.20. The van der Waals surface area contributed by atoms with Gasteiger partial charge in [0, 0.05) is 12.7 Å². The first-order chi connectivity index (χ1) is 13.9. The predicted molar refractivity (Wildman–Crippen MR) is 112 cm³/mol. The number of aryl methyl sites for hydroxylation is 1. The van der Waals surface area contributed by atoms with Crippen molar-refractivity contribution in [1.82, 2.24) is 9.13 Å². The third kappa shape index (κ3) is 3.50. The van der Waals surface area contributed by atoms with E-state index in [-0.39, 0.29) is 11.1 Å². The zero-order valence-corrected chi connectivity index (χ0v) is 17.0. The lowest BCUT2D eigenvalue weighted by Gasteiger charge is -2.04. The number of nitrogens with zero attached hydrogens (tertiary/aromatic N) is 5. The van der Waals surface area contributed by atoms with Crippen LogP contribution in [0.5, 0.6) is 0 Å². The minimum atomic E-state index is -0.303.